The maximum absolute atomic E-state index is 15.0. The minimum absolute atomic E-state index is 0.128. The zero-order valence-corrected chi connectivity index (χ0v) is 14.0. The summed E-state index contributed by atoms with van der Waals surface area (Å²) in [6, 6.07) is 9.81. The normalized spacial score (nSPS) is 11.4. The quantitative estimate of drug-likeness (QED) is 0.515. The Morgan fingerprint density at radius 1 is 1.30 bits per heavy atom. The smallest absolute Gasteiger partial charge is 0.368 e. The van der Waals surface area contributed by atoms with Crippen LogP contribution in [-0.4, -0.2) is 23.9 Å². The molecule has 5 nitrogen and oxygen atoms in total. The predicted molar refractivity (Wildman–Crippen MR) is 94.0 cm³/mol. The lowest BCUT2D eigenvalue weighted by Crippen LogP contribution is -2.16. The van der Waals surface area contributed by atoms with E-state index >= 15 is 4.39 Å². The minimum Gasteiger partial charge on any atom is -0.496 e. The van der Waals surface area contributed by atoms with Gasteiger partial charge in [-0.25, -0.2) is 20.3 Å². The summed E-state index contributed by atoms with van der Waals surface area (Å²) in [4.78, 5) is 19.3. The van der Waals surface area contributed by atoms with Gasteiger partial charge in [-0.3, -0.25) is 9.64 Å². The van der Waals surface area contributed by atoms with Gasteiger partial charge in [-0.05, 0) is 24.3 Å². The molecule has 3 rings (SSSR count). The van der Waals surface area contributed by atoms with Crippen LogP contribution in [0.25, 0.3) is 27.0 Å². The van der Waals surface area contributed by atoms with Crippen LogP contribution in [0.5, 0.6) is 5.75 Å². The largest absolute Gasteiger partial charge is 0.496 e. The fourth-order valence-corrected chi connectivity index (χ4v) is 2.69. The highest BCUT2D eigenvalue weighted by atomic mass is 19.1. The molecule has 3 aromatic rings. The van der Waals surface area contributed by atoms with Gasteiger partial charge >= 0.3 is 6.04 Å². The molecule has 7 heteroatoms. The molecule has 1 aromatic heterocycles. The van der Waals surface area contributed by atoms with Gasteiger partial charge < -0.3 is 4.74 Å². The summed E-state index contributed by atoms with van der Waals surface area (Å²) in [6.45, 7) is 6.89. The van der Waals surface area contributed by atoms with Crippen molar-refractivity contribution >= 4 is 16.7 Å². The average molecular weight is 363 g/mol. The first-order chi connectivity index (χ1) is 13.0. The fraction of sp³-hybridized carbons (Fsp3) is 0.100. The topological polar surface area (TPSA) is 67.3 Å². The van der Waals surface area contributed by atoms with Crippen molar-refractivity contribution in [3.63, 3.8) is 0 Å². The van der Waals surface area contributed by atoms with E-state index < -0.39 is 29.0 Å². The Bertz CT molecular complexity index is 1130. The Morgan fingerprint density at radius 3 is 2.67 bits per heavy atom. The molecule has 0 aliphatic carbocycles. The molecule has 27 heavy (non-hydrogen) atoms. The second-order valence-corrected chi connectivity index (χ2v) is 5.54. The monoisotopic (exact) mass is 363 g/mol. The minimum atomic E-state index is -1.64. The molecule has 0 fully saturated rings. The van der Waals surface area contributed by atoms with Crippen molar-refractivity contribution in [1.29, 1.82) is 5.26 Å². The molecule has 1 atom stereocenters. The number of fused-ring (bicyclic) bond motifs is 1. The van der Waals surface area contributed by atoms with Crippen molar-refractivity contribution in [2.75, 3.05) is 7.11 Å². The van der Waals surface area contributed by atoms with E-state index in [4.69, 9.17) is 16.6 Å². The van der Waals surface area contributed by atoms with E-state index in [-0.39, 0.29) is 27.9 Å². The molecule has 1 unspecified atom stereocenters. The molecule has 0 N–H and O–H groups in total. The van der Waals surface area contributed by atoms with Gasteiger partial charge in [-0.15, -0.1) is 0 Å². The van der Waals surface area contributed by atoms with Gasteiger partial charge in [0.1, 0.15) is 17.1 Å². The molecule has 0 radical (unpaired) electrons. The van der Waals surface area contributed by atoms with Crippen molar-refractivity contribution in [3.05, 3.63) is 71.1 Å². The molecule has 2 aromatic carbocycles. The van der Waals surface area contributed by atoms with E-state index in [2.05, 4.69) is 9.83 Å². The van der Waals surface area contributed by atoms with Gasteiger partial charge in [-0.2, -0.15) is 5.26 Å². The van der Waals surface area contributed by atoms with Crippen LogP contribution in [0.15, 0.2) is 42.5 Å². The van der Waals surface area contributed by atoms with E-state index in [0.29, 0.717) is 0 Å². The maximum atomic E-state index is 15.0. The number of hydrogen-bond donors (Lipinski definition) is 0. The third kappa shape index (κ3) is 3.07. The average Bonchev–Trinajstić information content (AvgIpc) is 2.69. The van der Waals surface area contributed by atoms with Crippen LogP contribution in [0.1, 0.15) is 10.4 Å². The van der Waals surface area contributed by atoms with E-state index in [0.717, 1.165) is 0 Å². The molecular formula is C20H11F2N3O2. The molecule has 0 spiro atoms. The van der Waals surface area contributed by atoms with Crippen molar-refractivity contribution in [2.24, 2.45) is 0 Å². The summed E-state index contributed by atoms with van der Waals surface area (Å²) >= 11 is 0. The summed E-state index contributed by atoms with van der Waals surface area (Å²) < 4.78 is 34.4. The number of ether oxygens (including phenoxy) is 1. The maximum Gasteiger partial charge on any atom is 0.368 e. The molecular weight excluding hydrogens is 352 g/mol. The highest BCUT2D eigenvalue weighted by Gasteiger charge is 2.29. The summed E-state index contributed by atoms with van der Waals surface area (Å²) in [7, 11) is 1.38. The number of hydrogen-bond acceptors (Lipinski definition) is 4. The van der Waals surface area contributed by atoms with Crippen LogP contribution >= 0.6 is 0 Å². The number of aromatic nitrogens is 1. The molecule has 0 bridgehead atoms. The lowest BCUT2D eigenvalue weighted by atomic mass is 10.0. The van der Waals surface area contributed by atoms with Crippen molar-refractivity contribution in [3.8, 4) is 23.1 Å². The van der Waals surface area contributed by atoms with Crippen molar-refractivity contribution in [2.45, 2.75) is 6.04 Å². The van der Waals surface area contributed by atoms with Gasteiger partial charge in [0.25, 0.3) is 5.78 Å². The van der Waals surface area contributed by atoms with E-state index in [1.54, 1.807) is 6.07 Å². The number of Topliss-reactive ketones (excluding diaryl/α,β-unsaturated/α-hetero) is 1. The van der Waals surface area contributed by atoms with Gasteiger partial charge in [0, 0.05) is 17.0 Å². The Morgan fingerprint density at radius 2 is 2.04 bits per heavy atom. The number of nitrogens with zero attached hydrogens (tertiary/aromatic N) is 3. The molecule has 0 saturated carbocycles. The highest BCUT2D eigenvalue weighted by Crippen LogP contribution is 2.33. The number of carbonyl (C=O) groups excluding carboxylic acids is 1. The van der Waals surface area contributed by atoms with Crippen LogP contribution in [0.3, 0.4) is 0 Å². The molecule has 0 amide bonds. The number of rotatable bonds is 4. The second kappa shape index (κ2) is 7.19. The predicted octanol–water partition coefficient (Wildman–Crippen LogP) is 4.18. The zero-order chi connectivity index (χ0) is 19.6. The van der Waals surface area contributed by atoms with E-state index in [1.165, 1.54) is 49.6 Å². The first-order valence-corrected chi connectivity index (χ1v) is 7.74. The first kappa shape index (κ1) is 18.0. The molecule has 0 aliphatic rings. The van der Waals surface area contributed by atoms with Gasteiger partial charge in [-0.1, -0.05) is 12.1 Å². The number of halogens is 2. The van der Waals surface area contributed by atoms with Crippen LogP contribution in [0.2, 0.25) is 0 Å². The number of carbonyl (C=O) groups is 1. The first-order valence-electron chi connectivity index (χ1n) is 7.74. The second-order valence-electron chi connectivity index (χ2n) is 5.54. The molecule has 0 saturated heterocycles. The number of nitriles is 1. The van der Waals surface area contributed by atoms with Crippen LogP contribution in [0, 0.1) is 29.5 Å². The lowest BCUT2D eigenvalue weighted by molar-refractivity contribution is 0.0988. The lowest BCUT2D eigenvalue weighted by Gasteiger charge is -2.11. The van der Waals surface area contributed by atoms with Crippen molar-refractivity contribution in [1.82, 2.24) is 4.98 Å². The molecule has 132 valence electrons. The summed E-state index contributed by atoms with van der Waals surface area (Å²) in [5.74, 6) is -2.24. The van der Waals surface area contributed by atoms with Crippen LogP contribution in [0.4, 0.5) is 8.78 Å². The number of ketones is 1. The SMILES string of the molecule is [C-]#[N+]C(C#N)C(=O)c1ccc2c(OC)cc(-c3ccccc3F)nc2c1F. The Kier molecular flexibility index (Phi) is 4.78. The highest BCUT2D eigenvalue weighted by molar-refractivity contribution is 6.06. The Hall–Kier alpha value is -3.84. The fourth-order valence-electron chi connectivity index (χ4n) is 2.69. The van der Waals surface area contributed by atoms with E-state index in [9.17, 15) is 9.18 Å². The number of pyridine rings is 1. The standard InChI is InChI=1S/C20H11F2N3O2/c1-24-16(10-23)20(26)13-8-7-12-17(27-2)9-15(25-19(12)18(13)22)11-5-3-4-6-14(11)21/h3-9,16H,2H3. The number of methoxy groups -OCH3 is 1. The summed E-state index contributed by atoms with van der Waals surface area (Å²) in [6.07, 6.45) is 0. The number of benzene rings is 2. The van der Waals surface area contributed by atoms with Gasteiger partial charge in [0.05, 0.1) is 18.4 Å². The molecule has 0 aliphatic heterocycles. The Balaban J connectivity index is 2.29. The zero-order valence-electron chi connectivity index (χ0n) is 14.0. The molecule has 1 heterocycles. The van der Waals surface area contributed by atoms with Crippen molar-refractivity contribution < 1.29 is 18.3 Å². The third-order valence-electron chi connectivity index (χ3n) is 4.02. The summed E-state index contributed by atoms with van der Waals surface area (Å²) in [5.41, 5.74) is -0.363. The van der Waals surface area contributed by atoms with Crippen LogP contribution in [-0.2, 0) is 0 Å². The van der Waals surface area contributed by atoms with Gasteiger partial charge in [0.15, 0.2) is 11.9 Å². The van der Waals surface area contributed by atoms with Gasteiger partial charge in [0.2, 0.25) is 0 Å². The van der Waals surface area contributed by atoms with E-state index in [1.807, 2.05) is 0 Å². The Labute approximate surface area is 153 Å². The summed E-state index contributed by atoms with van der Waals surface area (Å²) in [5, 5.41) is 9.16. The van der Waals surface area contributed by atoms with Crippen LogP contribution < -0.4 is 4.74 Å². The third-order valence-corrected chi connectivity index (χ3v) is 4.02.